The van der Waals surface area contributed by atoms with Crippen molar-refractivity contribution in [2.45, 2.75) is 57.9 Å². The zero-order valence-corrected chi connectivity index (χ0v) is 11.4. The summed E-state index contributed by atoms with van der Waals surface area (Å²) in [6.45, 7) is 4.24. The molecule has 2 nitrogen and oxygen atoms in total. The van der Waals surface area contributed by atoms with Gasteiger partial charge in [-0.25, -0.2) is 0 Å². The predicted octanol–water partition coefficient (Wildman–Crippen LogP) is 3.44. The van der Waals surface area contributed by atoms with E-state index in [1.54, 1.807) is 0 Å². The fourth-order valence-electron chi connectivity index (χ4n) is 2.64. The van der Waals surface area contributed by atoms with Crippen LogP contribution >= 0.6 is 11.6 Å². The van der Waals surface area contributed by atoms with Crippen molar-refractivity contribution in [1.29, 1.82) is 0 Å². The molecule has 0 saturated carbocycles. The molecule has 1 aromatic rings. The van der Waals surface area contributed by atoms with Crippen molar-refractivity contribution in [3.63, 3.8) is 0 Å². The SMILES string of the molecule is CCC(C)n1c2c(cc(CCl)c1=O)CCCC2. The molecule has 1 aromatic heterocycles. The van der Waals surface area contributed by atoms with E-state index in [-0.39, 0.29) is 11.6 Å². The lowest BCUT2D eigenvalue weighted by Crippen LogP contribution is -2.31. The Hall–Kier alpha value is -0.760. The minimum absolute atomic E-state index is 0.120. The zero-order chi connectivity index (χ0) is 12.4. The second-order valence-corrected chi connectivity index (χ2v) is 5.18. The maximum absolute atomic E-state index is 12.4. The number of rotatable bonds is 3. The molecule has 0 amide bonds. The standard InChI is InChI=1S/C14H20ClNO/c1-3-10(2)16-13-7-5-4-6-11(13)8-12(9-15)14(16)17/h8,10H,3-7,9H2,1-2H3. The molecule has 94 valence electrons. The second kappa shape index (κ2) is 5.26. The van der Waals surface area contributed by atoms with Gasteiger partial charge in [-0.15, -0.1) is 11.6 Å². The number of halogens is 1. The number of fused-ring (bicyclic) bond motifs is 1. The number of hydrogen-bond donors (Lipinski definition) is 0. The lowest BCUT2D eigenvalue weighted by atomic mass is 9.94. The predicted molar refractivity (Wildman–Crippen MR) is 71.9 cm³/mol. The Morgan fingerprint density at radius 2 is 2.12 bits per heavy atom. The van der Waals surface area contributed by atoms with Crippen molar-refractivity contribution < 1.29 is 0 Å². The Morgan fingerprint density at radius 1 is 1.41 bits per heavy atom. The minimum Gasteiger partial charge on any atom is -0.309 e. The Bertz CT molecular complexity index is 464. The summed E-state index contributed by atoms with van der Waals surface area (Å²) in [7, 11) is 0. The quantitative estimate of drug-likeness (QED) is 0.757. The molecule has 0 aromatic carbocycles. The van der Waals surface area contributed by atoms with Crippen LogP contribution in [-0.4, -0.2) is 4.57 Å². The molecule has 1 heterocycles. The summed E-state index contributed by atoms with van der Waals surface area (Å²) in [5.74, 6) is 0.322. The van der Waals surface area contributed by atoms with Gasteiger partial charge in [-0.2, -0.15) is 0 Å². The summed E-state index contributed by atoms with van der Waals surface area (Å²) in [5, 5.41) is 0. The van der Waals surface area contributed by atoms with Crippen LogP contribution in [0.2, 0.25) is 0 Å². The van der Waals surface area contributed by atoms with E-state index in [1.807, 2.05) is 10.6 Å². The van der Waals surface area contributed by atoms with Gasteiger partial charge in [0, 0.05) is 17.3 Å². The van der Waals surface area contributed by atoms with Gasteiger partial charge < -0.3 is 4.57 Å². The largest absolute Gasteiger partial charge is 0.309 e. The average molecular weight is 254 g/mol. The van der Waals surface area contributed by atoms with E-state index < -0.39 is 0 Å². The van der Waals surface area contributed by atoms with Gasteiger partial charge in [-0.1, -0.05) is 6.92 Å². The van der Waals surface area contributed by atoms with E-state index in [1.165, 1.54) is 24.1 Å². The maximum atomic E-state index is 12.4. The van der Waals surface area contributed by atoms with Crippen LogP contribution in [0.25, 0.3) is 0 Å². The van der Waals surface area contributed by atoms with Crippen LogP contribution in [-0.2, 0) is 18.7 Å². The van der Waals surface area contributed by atoms with Crippen molar-refractivity contribution in [2.75, 3.05) is 0 Å². The third kappa shape index (κ3) is 2.28. The first-order valence-corrected chi connectivity index (χ1v) is 7.04. The molecule has 1 aliphatic rings. The van der Waals surface area contributed by atoms with E-state index in [9.17, 15) is 4.79 Å². The highest BCUT2D eigenvalue weighted by molar-refractivity contribution is 6.17. The zero-order valence-electron chi connectivity index (χ0n) is 10.6. The molecule has 17 heavy (non-hydrogen) atoms. The lowest BCUT2D eigenvalue weighted by molar-refractivity contribution is 0.473. The first kappa shape index (κ1) is 12.7. The lowest BCUT2D eigenvalue weighted by Gasteiger charge is -2.25. The topological polar surface area (TPSA) is 22.0 Å². The van der Waals surface area contributed by atoms with Crippen LogP contribution in [0.3, 0.4) is 0 Å². The molecule has 0 radical (unpaired) electrons. The molecule has 3 heteroatoms. The molecule has 0 N–H and O–H groups in total. The highest BCUT2D eigenvalue weighted by Crippen LogP contribution is 2.24. The van der Waals surface area contributed by atoms with E-state index in [0.29, 0.717) is 5.88 Å². The van der Waals surface area contributed by atoms with Crippen molar-refractivity contribution in [1.82, 2.24) is 4.57 Å². The number of aromatic nitrogens is 1. The summed E-state index contributed by atoms with van der Waals surface area (Å²) in [5.41, 5.74) is 3.47. The first-order valence-electron chi connectivity index (χ1n) is 6.51. The summed E-state index contributed by atoms with van der Waals surface area (Å²) in [6, 6.07) is 2.31. The molecular weight excluding hydrogens is 234 g/mol. The van der Waals surface area contributed by atoms with Gasteiger partial charge >= 0.3 is 0 Å². The molecule has 1 aliphatic carbocycles. The number of aryl methyl sites for hydroxylation is 1. The van der Waals surface area contributed by atoms with Crippen molar-refractivity contribution in [2.24, 2.45) is 0 Å². The van der Waals surface area contributed by atoms with Crippen LogP contribution in [0.15, 0.2) is 10.9 Å². The smallest absolute Gasteiger partial charge is 0.255 e. The van der Waals surface area contributed by atoms with Crippen LogP contribution in [0.5, 0.6) is 0 Å². The third-order valence-electron chi connectivity index (χ3n) is 3.79. The van der Waals surface area contributed by atoms with Crippen LogP contribution < -0.4 is 5.56 Å². The van der Waals surface area contributed by atoms with E-state index in [4.69, 9.17) is 11.6 Å². The highest BCUT2D eigenvalue weighted by atomic mass is 35.5. The van der Waals surface area contributed by atoms with Gasteiger partial charge in [0.2, 0.25) is 0 Å². The van der Waals surface area contributed by atoms with Crippen LogP contribution in [0.1, 0.15) is 56.0 Å². The molecular formula is C14H20ClNO. The van der Waals surface area contributed by atoms with Crippen molar-refractivity contribution in [3.05, 3.63) is 33.2 Å². The van der Waals surface area contributed by atoms with Crippen LogP contribution in [0, 0.1) is 0 Å². The van der Waals surface area contributed by atoms with Gasteiger partial charge in [-0.3, -0.25) is 4.79 Å². The number of nitrogens with zero attached hydrogens (tertiary/aromatic N) is 1. The fourth-order valence-corrected chi connectivity index (χ4v) is 2.83. The fraction of sp³-hybridized carbons (Fsp3) is 0.643. The van der Waals surface area contributed by atoms with Gasteiger partial charge in [0.25, 0.3) is 5.56 Å². The molecule has 1 atom stereocenters. The van der Waals surface area contributed by atoms with Crippen molar-refractivity contribution >= 4 is 11.6 Å². The van der Waals surface area contributed by atoms with Gasteiger partial charge in [-0.05, 0) is 50.7 Å². The average Bonchev–Trinajstić information content (AvgIpc) is 2.37. The molecule has 0 fully saturated rings. The summed E-state index contributed by atoms with van der Waals surface area (Å²) >= 11 is 5.88. The van der Waals surface area contributed by atoms with E-state index >= 15 is 0 Å². The minimum atomic E-state index is 0.120. The summed E-state index contributed by atoms with van der Waals surface area (Å²) in [4.78, 5) is 12.4. The Labute approximate surface area is 108 Å². The molecule has 0 saturated heterocycles. The normalized spacial score (nSPS) is 16.6. The molecule has 0 spiro atoms. The Morgan fingerprint density at radius 3 is 2.76 bits per heavy atom. The van der Waals surface area contributed by atoms with E-state index in [0.717, 1.165) is 24.8 Å². The maximum Gasteiger partial charge on any atom is 0.255 e. The van der Waals surface area contributed by atoms with Gasteiger partial charge in [0.05, 0.1) is 5.88 Å². The van der Waals surface area contributed by atoms with Gasteiger partial charge in [0.1, 0.15) is 0 Å². The molecule has 0 bridgehead atoms. The second-order valence-electron chi connectivity index (χ2n) is 4.91. The number of alkyl halides is 1. The molecule has 0 aliphatic heterocycles. The highest BCUT2D eigenvalue weighted by Gasteiger charge is 2.19. The summed E-state index contributed by atoms with van der Waals surface area (Å²) in [6.07, 6.45) is 5.54. The van der Waals surface area contributed by atoms with Crippen molar-refractivity contribution in [3.8, 4) is 0 Å². The first-order chi connectivity index (χ1) is 8.19. The van der Waals surface area contributed by atoms with Crippen LogP contribution in [0.4, 0.5) is 0 Å². The molecule has 1 unspecified atom stereocenters. The Balaban J connectivity index is 2.64. The van der Waals surface area contributed by atoms with E-state index in [2.05, 4.69) is 13.8 Å². The number of pyridine rings is 1. The Kier molecular flexibility index (Phi) is 3.93. The monoisotopic (exact) mass is 253 g/mol. The third-order valence-corrected chi connectivity index (χ3v) is 4.08. The number of hydrogen-bond acceptors (Lipinski definition) is 1. The summed E-state index contributed by atoms with van der Waals surface area (Å²) < 4.78 is 1.99. The van der Waals surface area contributed by atoms with Gasteiger partial charge in [0.15, 0.2) is 0 Å². The molecule has 2 rings (SSSR count).